The summed E-state index contributed by atoms with van der Waals surface area (Å²) in [6.45, 7) is 4.97. The Labute approximate surface area is 245 Å². The van der Waals surface area contributed by atoms with Gasteiger partial charge in [0.15, 0.2) is 5.69 Å². The van der Waals surface area contributed by atoms with E-state index < -0.39 is 24.7 Å². The van der Waals surface area contributed by atoms with Crippen LogP contribution in [0.25, 0.3) is 28.0 Å². The zero-order chi connectivity index (χ0) is 30.5. The molecule has 0 aliphatic carbocycles. The number of carbonyl (C=O) groups is 1. The number of aryl methyl sites for hydroxylation is 1. The van der Waals surface area contributed by atoms with Crippen LogP contribution in [-0.2, 0) is 19.1 Å². The number of hydrogen-bond acceptors (Lipinski definition) is 7. The van der Waals surface area contributed by atoms with E-state index in [0.29, 0.717) is 23.4 Å². The summed E-state index contributed by atoms with van der Waals surface area (Å²) >= 11 is 0. The second-order valence-electron chi connectivity index (χ2n) is 11.8. The van der Waals surface area contributed by atoms with Gasteiger partial charge in [0.25, 0.3) is 5.91 Å². The van der Waals surface area contributed by atoms with Gasteiger partial charge in [0.2, 0.25) is 0 Å². The van der Waals surface area contributed by atoms with Gasteiger partial charge in [0.05, 0.1) is 59.8 Å². The summed E-state index contributed by atoms with van der Waals surface area (Å²) in [5.74, 6) is -0.438. The van der Waals surface area contributed by atoms with Crippen LogP contribution in [0.5, 0.6) is 0 Å². The summed E-state index contributed by atoms with van der Waals surface area (Å²) in [4.78, 5) is 19.5. The minimum atomic E-state index is -4.37. The molecule has 0 saturated carbocycles. The molecular weight excluding hydrogens is 561 g/mol. The van der Waals surface area contributed by atoms with Crippen LogP contribution >= 0.6 is 0 Å². The molecule has 14 heteroatoms. The number of amides is 1. The fraction of sp³-hybridized carbons (Fsp3) is 0.379. The first-order valence-electron chi connectivity index (χ1n) is 13.8. The van der Waals surface area contributed by atoms with Gasteiger partial charge < -0.3 is 5.32 Å². The summed E-state index contributed by atoms with van der Waals surface area (Å²) in [7, 11) is 1.82. The predicted octanol–water partition coefficient (Wildman–Crippen LogP) is 4.38. The molecule has 1 atom stereocenters. The predicted molar refractivity (Wildman–Crippen MR) is 152 cm³/mol. The molecule has 5 aromatic rings. The number of nitrogens with one attached hydrogen (secondary N) is 1. The quantitative estimate of drug-likeness (QED) is 0.323. The van der Waals surface area contributed by atoms with E-state index in [9.17, 15) is 18.0 Å². The molecular formula is C29H31F3N10O. The third-order valence-corrected chi connectivity index (χ3v) is 7.43. The Balaban J connectivity index is 1.38. The Morgan fingerprint density at radius 2 is 1.88 bits per heavy atom. The standard InChI is InChI=1S/C29H31F3N10O/c1-28(2,3)42-16-24(37-38-42)27(43)36-22-8-10-40(17-29(30,31)32)14-19-11-18(5-6-21(19)22)26-25-7-9-33-41(25)15-23(35-26)20-12-34-39(4)13-20/h5-7,9,11-13,15-16,22H,8,10,14,17H2,1-4H3,(H,36,43)/t22-/m1/s1. The number of alkyl halides is 3. The maximum atomic E-state index is 13.5. The average molecular weight is 593 g/mol. The number of nitrogens with zero attached hydrogens (tertiary/aromatic N) is 9. The topological polar surface area (TPSA) is 111 Å². The van der Waals surface area contributed by atoms with Gasteiger partial charge in [-0.2, -0.15) is 23.4 Å². The molecule has 1 amide bonds. The Bertz CT molecular complexity index is 1800. The first-order valence-corrected chi connectivity index (χ1v) is 13.8. The van der Waals surface area contributed by atoms with E-state index in [1.807, 2.05) is 64.5 Å². The minimum absolute atomic E-state index is 0.0626. The highest BCUT2D eigenvalue weighted by atomic mass is 19.4. The fourth-order valence-corrected chi connectivity index (χ4v) is 5.32. The van der Waals surface area contributed by atoms with Crippen molar-refractivity contribution in [2.75, 3.05) is 13.1 Å². The van der Waals surface area contributed by atoms with E-state index in [4.69, 9.17) is 4.98 Å². The lowest BCUT2D eigenvalue weighted by molar-refractivity contribution is -0.147. The van der Waals surface area contributed by atoms with Crippen molar-refractivity contribution in [3.8, 4) is 22.5 Å². The van der Waals surface area contributed by atoms with Gasteiger partial charge in [-0.15, -0.1) is 5.10 Å². The van der Waals surface area contributed by atoms with Crippen molar-refractivity contribution < 1.29 is 18.0 Å². The maximum absolute atomic E-state index is 13.5. The molecule has 43 heavy (non-hydrogen) atoms. The molecule has 6 rings (SSSR count). The van der Waals surface area contributed by atoms with Gasteiger partial charge >= 0.3 is 6.18 Å². The lowest BCUT2D eigenvalue weighted by Crippen LogP contribution is -2.35. The molecule has 11 nitrogen and oxygen atoms in total. The minimum Gasteiger partial charge on any atom is -0.344 e. The second-order valence-corrected chi connectivity index (χ2v) is 11.8. The van der Waals surface area contributed by atoms with E-state index in [-0.39, 0.29) is 24.3 Å². The molecule has 0 radical (unpaired) electrons. The van der Waals surface area contributed by atoms with E-state index in [2.05, 4.69) is 25.8 Å². The van der Waals surface area contributed by atoms with Gasteiger partial charge in [0.1, 0.15) is 0 Å². The normalized spacial score (nSPS) is 16.3. The lowest BCUT2D eigenvalue weighted by Gasteiger charge is -2.22. The Kier molecular flexibility index (Phi) is 7.03. The van der Waals surface area contributed by atoms with Crippen LogP contribution in [0.3, 0.4) is 0 Å². The molecule has 1 aromatic carbocycles. The molecule has 0 spiro atoms. The molecule has 1 N–H and O–H groups in total. The maximum Gasteiger partial charge on any atom is 0.401 e. The molecule has 224 valence electrons. The highest BCUT2D eigenvalue weighted by Crippen LogP contribution is 2.34. The van der Waals surface area contributed by atoms with Crippen molar-refractivity contribution in [2.45, 2.75) is 51.5 Å². The Hall–Kier alpha value is -4.59. The van der Waals surface area contributed by atoms with Gasteiger partial charge in [-0.1, -0.05) is 17.3 Å². The van der Waals surface area contributed by atoms with Crippen molar-refractivity contribution >= 4 is 11.4 Å². The molecule has 0 bridgehead atoms. The number of fused-ring (bicyclic) bond motifs is 2. The SMILES string of the molecule is Cn1cc(-c2cn3nccc3c(-c3ccc4c(c3)CN(CC(F)(F)F)CC[C@H]4NC(=O)c3cn(C(C)(C)C)nn3)n2)cn1. The molecule has 0 saturated heterocycles. The highest BCUT2D eigenvalue weighted by Gasteiger charge is 2.34. The summed E-state index contributed by atoms with van der Waals surface area (Å²) in [6.07, 6.45) is 4.54. The van der Waals surface area contributed by atoms with Gasteiger partial charge in [-0.25, -0.2) is 14.2 Å². The largest absolute Gasteiger partial charge is 0.401 e. The van der Waals surface area contributed by atoms with Crippen LogP contribution in [0.1, 0.15) is 54.8 Å². The van der Waals surface area contributed by atoms with Crippen molar-refractivity contribution in [3.63, 3.8) is 0 Å². The summed E-state index contributed by atoms with van der Waals surface area (Å²) in [5.41, 5.74) is 4.77. The van der Waals surface area contributed by atoms with Crippen LogP contribution in [0.2, 0.25) is 0 Å². The molecule has 4 aromatic heterocycles. The highest BCUT2D eigenvalue weighted by molar-refractivity contribution is 5.92. The molecule has 0 unspecified atom stereocenters. The van der Waals surface area contributed by atoms with E-state index in [1.54, 1.807) is 32.5 Å². The number of halogens is 3. The molecule has 1 aliphatic heterocycles. The number of benzene rings is 1. The third-order valence-electron chi connectivity index (χ3n) is 7.43. The molecule has 0 fully saturated rings. The van der Waals surface area contributed by atoms with E-state index in [1.165, 1.54) is 4.90 Å². The van der Waals surface area contributed by atoms with Crippen LogP contribution in [0, 0.1) is 0 Å². The fourth-order valence-electron chi connectivity index (χ4n) is 5.32. The Morgan fingerprint density at radius 3 is 2.58 bits per heavy atom. The zero-order valence-corrected chi connectivity index (χ0v) is 24.2. The lowest BCUT2D eigenvalue weighted by atomic mass is 9.95. The number of rotatable bonds is 5. The van der Waals surface area contributed by atoms with E-state index >= 15 is 0 Å². The summed E-state index contributed by atoms with van der Waals surface area (Å²) < 4.78 is 45.5. The number of aromatic nitrogens is 8. The van der Waals surface area contributed by atoms with Gasteiger partial charge in [0, 0.05) is 37.5 Å². The van der Waals surface area contributed by atoms with Gasteiger partial charge in [-0.3, -0.25) is 14.4 Å². The van der Waals surface area contributed by atoms with Crippen molar-refractivity contribution in [2.24, 2.45) is 7.05 Å². The van der Waals surface area contributed by atoms with Crippen LogP contribution in [0.15, 0.2) is 55.2 Å². The van der Waals surface area contributed by atoms with Crippen molar-refractivity contribution in [3.05, 3.63) is 72.1 Å². The van der Waals surface area contributed by atoms with Crippen LogP contribution < -0.4 is 5.32 Å². The monoisotopic (exact) mass is 592 g/mol. The number of hydrogen-bond donors (Lipinski definition) is 1. The van der Waals surface area contributed by atoms with Crippen LogP contribution in [-0.4, -0.2) is 69.4 Å². The molecule has 5 heterocycles. The van der Waals surface area contributed by atoms with E-state index in [0.717, 1.165) is 22.2 Å². The average Bonchev–Trinajstić information content (AvgIpc) is 3.68. The molecule has 1 aliphatic rings. The zero-order valence-electron chi connectivity index (χ0n) is 24.2. The summed E-state index contributed by atoms with van der Waals surface area (Å²) in [6, 6.07) is 6.92. The van der Waals surface area contributed by atoms with Crippen molar-refractivity contribution in [1.82, 2.24) is 49.6 Å². The Morgan fingerprint density at radius 1 is 1.07 bits per heavy atom. The smallest absolute Gasteiger partial charge is 0.344 e. The summed E-state index contributed by atoms with van der Waals surface area (Å²) in [5, 5.41) is 19.7. The van der Waals surface area contributed by atoms with Gasteiger partial charge in [-0.05, 0) is 50.5 Å². The first kappa shape index (κ1) is 28.5. The number of carbonyl (C=O) groups excluding carboxylic acids is 1. The van der Waals surface area contributed by atoms with Crippen molar-refractivity contribution in [1.29, 1.82) is 0 Å². The second kappa shape index (κ2) is 10.6. The third kappa shape index (κ3) is 6.00. The van der Waals surface area contributed by atoms with Crippen LogP contribution in [0.4, 0.5) is 13.2 Å². The first-order chi connectivity index (χ1) is 20.3.